The Labute approximate surface area is 93.5 Å². The van der Waals surface area contributed by atoms with Crippen LogP contribution < -0.4 is 0 Å². The van der Waals surface area contributed by atoms with Crippen LogP contribution in [-0.4, -0.2) is 36.1 Å². The molecule has 0 spiro atoms. The van der Waals surface area contributed by atoms with Crippen LogP contribution in [0.25, 0.3) is 0 Å². The number of rotatable bonds is 5. The third-order valence-electron chi connectivity index (χ3n) is 2.19. The first-order valence-electron chi connectivity index (χ1n) is 4.56. The zero-order chi connectivity index (χ0) is 12.3. The first-order valence-corrected chi connectivity index (χ1v) is 6.06. The fourth-order valence-corrected chi connectivity index (χ4v) is 2.21. The normalized spacial score (nSPS) is 13.9. The minimum Gasteiger partial charge on any atom is -0.480 e. The largest absolute Gasteiger partial charge is 0.480 e. The molecule has 0 aliphatic carbocycles. The first-order chi connectivity index (χ1) is 7.35. The van der Waals surface area contributed by atoms with E-state index in [0.29, 0.717) is 5.76 Å². The fourth-order valence-electron chi connectivity index (χ4n) is 1.11. The zero-order valence-electron chi connectivity index (χ0n) is 8.95. The molecular formula is C9H13NO5S. The fraction of sp³-hybridized carbons (Fsp3) is 0.444. The number of sulfonamides is 1. The highest BCUT2D eigenvalue weighted by Crippen LogP contribution is 2.12. The van der Waals surface area contributed by atoms with Crippen LogP contribution in [0, 0.1) is 0 Å². The van der Waals surface area contributed by atoms with E-state index in [2.05, 4.69) is 0 Å². The van der Waals surface area contributed by atoms with E-state index in [-0.39, 0.29) is 6.54 Å². The molecule has 1 heterocycles. The summed E-state index contributed by atoms with van der Waals surface area (Å²) in [5, 5.41) is 7.20. The smallest absolute Gasteiger partial charge is 0.323 e. The van der Waals surface area contributed by atoms with E-state index < -0.39 is 21.2 Å². The second-order valence-corrected chi connectivity index (χ2v) is 5.72. The highest BCUT2D eigenvalue weighted by atomic mass is 32.2. The second-order valence-electron chi connectivity index (χ2n) is 3.36. The maximum atomic E-state index is 11.7. The summed E-state index contributed by atoms with van der Waals surface area (Å²) in [6.07, 6.45) is 1.43. The molecule has 1 unspecified atom stereocenters. The number of carbonyl (C=O) groups is 1. The topological polar surface area (TPSA) is 87.8 Å². The monoisotopic (exact) mass is 247 g/mol. The summed E-state index contributed by atoms with van der Waals surface area (Å²) in [6, 6.07) is 3.26. The van der Waals surface area contributed by atoms with E-state index >= 15 is 0 Å². The van der Waals surface area contributed by atoms with Gasteiger partial charge in [0, 0.05) is 7.05 Å². The van der Waals surface area contributed by atoms with E-state index in [9.17, 15) is 13.2 Å². The van der Waals surface area contributed by atoms with Crippen LogP contribution in [-0.2, 0) is 21.4 Å². The first kappa shape index (κ1) is 12.7. The van der Waals surface area contributed by atoms with Crippen LogP contribution in [0.5, 0.6) is 0 Å². The second kappa shape index (κ2) is 4.67. The standard InChI is InChI=1S/C9H13NO5S/c1-7(9(11)12)16(13,14)10(2)6-8-4-3-5-15-8/h3-5,7H,6H2,1-2H3,(H,11,12). The Morgan fingerprint density at radius 2 is 2.25 bits per heavy atom. The molecule has 16 heavy (non-hydrogen) atoms. The van der Waals surface area contributed by atoms with Crippen LogP contribution in [0.1, 0.15) is 12.7 Å². The van der Waals surface area contributed by atoms with E-state index in [1.54, 1.807) is 12.1 Å². The van der Waals surface area contributed by atoms with Crippen LogP contribution in [0.4, 0.5) is 0 Å². The van der Waals surface area contributed by atoms with Gasteiger partial charge in [0.2, 0.25) is 10.0 Å². The Hall–Kier alpha value is -1.34. The van der Waals surface area contributed by atoms with Gasteiger partial charge >= 0.3 is 5.97 Å². The number of aliphatic carboxylic acids is 1. The lowest BCUT2D eigenvalue weighted by Gasteiger charge is -2.18. The molecule has 0 aromatic carbocycles. The van der Waals surface area contributed by atoms with Gasteiger partial charge in [-0.25, -0.2) is 8.42 Å². The summed E-state index contributed by atoms with van der Waals surface area (Å²) < 4.78 is 29.4. The number of nitrogens with zero attached hydrogens (tertiary/aromatic N) is 1. The maximum Gasteiger partial charge on any atom is 0.323 e. The third-order valence-corrected chi connectivity index (χ3v) is 4.28. The molecule has 0 amide bonds. The van der Waals surface area contributed by atoms with Crippen molar-refractivity contribution in [2.75, 3.05) is 7.05 Å². The van der Waals surface area contributed by atoms with E-state index in [1.807, 2.05) is 0 Å². The van der Waals surface area contributed by atoms with Crippen molar-refractivity contribution in [1.82, 2.24) is 4.31 Å². The van der Waals surface area contributed by atoms with Gasteiger partial charge in [0.25, 0.3) is 0 Å². The van der Waals surface area contributed by atoms with Crippen molar-refractivity contribution in [2.45, 2.75) is 18.7 Å². The van der Waals surface area contributed by atoms with Gasteiger partial charge in [0.1, 0.15) is 5.76 Å². The van der Waals surface area contributed by atoms with Crippen LogP contribution in [0.15, 0.2) is 22.8 Å². The molecule has 1 aromatic heterocycles. The van der Waals surface area contributed by atoms with Crippen LogP contribution >= 0.6 is 0 Å². The predicted octanol–water partition coefficient (Wildman–Crippen LogP) is 0.514. The lowest BCUT2D eigenvalue weighted by atomic mass is 10.4. The number of carboxylic acid groups (broad SMARTS) is 1. The van der Waals surface area contributed by atoms with Crippen molar-refractivity contribution >= 4 is 16.0 Å². The van der Waals surface area contributed by atoms with E-state index in [4.69, 9.17) is 9.52 Å². The van der Waals surface area contributed by atoms with E-state index in [0.717, 1.165) is 11.2 Å². The highest BCUT2D eigenvalue weighted by Gasteiger charge is 2.31. The third kappa shape index (κ3) is 2.61. The Bertz CT molecular complexity index is 450. The van der Waals surface area contributed by atoms with Gasteiger partial charge in [-0.3, -0.25) is 4.79 Å². The van der Waals surface area contributed by atoms with Gasteiger partial charge in [-0.1, -0.05) is 0 Å². The van der Waals surface area contributed by atoms with Gasteiger partial charge in [0.05, 0.1) is 12.8 Å². The van der Waals surface area contributed by atoms with Gasteiger partial charge < -0.3 is 9.52 Å². The molecule has 0 fully saturated rings. The Balaban J connectivity index is 2.81. The molecule has 6 nitrogen and oxygen atoms in total. The Morgan fingerprint density at radius 3 is 2.69 bits per heavy atom. The molecule has 90 valence electrons. The van der Waals surface area contributed by atoms with Gasteiger partial charge in [-0.2, -0.15) is 4.31 Å². The zero-order valence-corrected chi connectivity index (χ0v) is 9.77. The molecule has 0 bridgehead atoms. The molecule has 0 radical (unpaired) electrons. The molecule has 0 saturated carbocycles. The van der Waals surface area contributed by atoms with Crippen molar-refractivity contribution < 1.29 is 22.7 Å². The minimum absolute atomic E-state index is 0.0208. The summed E-state index contributed by atoms with van der Waals surface area (Å²) in [5.41, 5.74) is 0. The maximum absolute atomic E-state index is 11.7. The molecule has 1 atom stereocenters. The molecule has 1 aromatic rings. The van der Waals surface area contributed by atoms with Crippen LogP contribution in [0.3, 0.4) is 0 Å². The van der Waals surface area contributed by atoms with Crippen molar-refractivity contribution in [3.05, 3.63) is 24.2 Å². The number of hydrogen-bond donors (Lipinski definition) is 1. The average Bonchev–Trinajstić information content (AvgIpc) is 2.68. The number of carboxylic acids is 1. The average molecular weight is 247 g/mol. The summed E-state index contributed by atoms with van der Waals surface area (Å²) in [4.78, 5) is 10.6. The van der Waals surface area contributed by atoms with Crippen molar-refractivity contribution in [1.29, 1.82) is 0 Å². The van der Waals surface area contributed by atoms with Crippen molar-refractivity contribution in [3.8, 4) is 0 Å². The summed E-state index contributed by atoms with van der Waals surface area (Å²) in [5.74, 6) is -0.907. The number of furan rings is 1. The molecule has 0 aliphatic heterocycles. The summed E-state index contributed by atoms with van der Waals surface area (Å²) in [7, 11) is -2.52. The summed E-state index contributed by atoms with van der Waals surface area (Å²) in [6.45, 7) is 1.16. The molecule has 0 saturated heterocycles. The van der Waals surface area contributed by atoms with Gasteiger partial charge in [-0.15, -0.1) is 0 Å². The molecule has 1 rings (SSSR count). The molecule has 0 aliphatic rings. The molecule has 1 N–H and O–H groups in total. The minimum atomic E-state index is -3.84. The highest BCUT2D eigenvalue weighted by molar-refractivity contribution is 7.90. The Kier molecular flexibility index (Phi) is 3.71. The van der Waals surface area contributed by atoms with Gasteiger partial charge in [-0.05, 0) is 19.1 Å². The SMILES string of the molecule is CC(C(=O)O)S(=O)(=O)N(C)Cc1ccco1. The molecular weight excluding hydrogens is 234 g/mol. The quantitative estimate of drug-likeness (QED) is 0.819. The van der Waals surface area contributed by atoms with Crippen molar-refractivity contribution in [3.63, 3.8) is 0 Å². The lowest BCUT2D eigenvalue weighted by molar-refractivity contribution is -0.136. The molecule has 7 heteroatoms. The lowest BCUT2D eigenvalue weighted by Crippen LogP contribution is -2.38. The van der Waals surface area contributed by atoms with Crippen LogP contribution in [0.2, 0.25) is 0 Å². The summed E-state index contributed by atoms with van der Waals surface area (Å²) >= 11 is 0. The van der Waals surface area contributed by atoms with Crippen molar-refractivity contribution in [2.24, 2.45) is 0 Å². The number of hydrogen-bond acceptors (Lipinski definition) is 4. The Morgan fingerprint density at radius 1 is 1.62 bits per heavy atom. The predicted molar refractivity (Wildman–Crippen MR) is 56.2 cm³/mol. The van der Waals surface area contributed by atoms with Gasteiger partial charge in [0.15, 0.2) is 5.25 Å². The van der Waals surface area contributed by atoms with E-state index in [1.165, 1.54) is 13.3 Å².